The molecule has 14 heavy (non-hydrogen) atoms. The third-order valence-corrected chi connectivity index (χ3v) is 2.53. The second kappa shape index (κ2) is 4.68. The molecule has 0 heterocycles. The van der Waals surface area contributed by atoms with E-state index in [0.717, 1.165) is 6.07 Å². The van der Waals surface area contributed by atoms with Crippen LogP contribution in [0.25, 0.3) is 0 Å². The second-order valence-corrected chi connectivity index (χ2v) is 3.45. The fourth-order valence-electron chi connectivity index (χ4n) is 1.09. The summed E-state index contributed by atoms with van der Waals surface area (Å²) in [6, 6.07) is 2.50. The van der Waals surface area contributed by atoms with Gasteiger partial charge in [0.15, 0.2) is 0 Å². The monoisotopic (exact) mass is 216 g/mol. The van der Waals surface area contributed by atoms with Crippen LogP contribution in [-0.4, -0.2) is 30.5 Å². The van der Waals surface area contributed by atoms with Gasteiger partial charge >= 0.3 is 7.12 Å². The number of hydrogen-bond acceptors (Lipinski definition) is 4. The van der Waals surface area contributed by atoms with Gasteiger partial charge in [-0.3, -0.25) is 0 Å². The molecule has 2 N–H and O–H groups in total. The Labute approximate surface area is 86.0 Å². The van der Waals surface area contributed by atoms with Crippen molar-refractivity contribution in [3.63, 3.8) is 0 Å². The molecule has 1 aromatic carbocycles. The van der Waals surface area contributed by atoms with Gasteiger partial charge in [0, 0.05) is 16.4 Å². The number of halogens is 1. The Balaban J connectivity index is 3.25. The first-order valence-electron chi connectivity index (χ1n) is 3.87. The molecule has 0 amide bonds. The van der Waals surface area contributed by atoms with E-state index in [1.807, 2.05) is 0 Å². The fraction of sp³-hybridized carbons (Fsp3) is 0.250. The summed E-state index contributed by atoms with van der Waals surface area (Å²) in [5.41, 5.74) is 0.165. The molecule has 0 aliphatic carbocycles. The maximum atomic E-state index is 13.2. The van der Waals surface area contributed by atoms with Crippen LogP contribution in [0.2, 0.25) is 0 Å². The van der Waals surface area contributed by atoms with Crippen molar-refractivity contribution in [1.82, 2.24) is 0 Å². The zero-order valence-electron chi connectivity index (χ0n) is 7.82. The molecule has 0 fully saturated rings. The van der Waals surface area contributed by atoms with Crippen LogP contribution in [-0.2, 0) is 0 Å². The Morgan fingerprint density at radius 2 is 2.07 bits per heavy atom. The van der Waals surface area contributed by atoms with Crippen molar-refractivity contribution in [2.24, 2.45) is 0 Å². The topological polar surface area (TPSA) is 49.7 Å². The molecule has 0 unspecified atom stereocenters. The summed E-state index contributed by atoms with van der Waals surface area (Å²) in [5, 5.41) is 18.0. The quantitative estimate of drug-likeness (QED) is 0.561. The molecule has 3 nitrogen and oxygen atoms in total. The number of ether oxygens (including phenoxy) is 1. The molecular formula is C8H10BFO3S. The molecule has 0 radical (unpaired) electrons. The maximum absolute atomic E-state index is 13.2. The molecule has 6 heteroatoms. The summed E-state index contributed by atoms with van der Waals surface area (Å²) in [7, 11) is -0.309. The zero-order chi connectivity index (χ0) is 10.7. The van der Waals surface area contributed by atoms with E-state index in [1.165, 1.54) is 24.9 Å². The van der Waals surface area contributed by atoms with E-state index in [1.54, 1.807) is 6.26 Å². The van der Waals surface area contributed by atoms with Gasteiger partial charge in [0.05, 0.1) is 7.11 Å². The number of rotatable bonds is 3. The van der Waals surface area contributed by atoms with E-state index in [9.17, 15) is 4.39 Å². The minimum atomic E-state index is -1.66. The molecule has 76 valence electrons. The first kappa shape index (κ1) is 11.4. The van der Waals surface area contributed by atoms with E-state index in [0.29, 0.717) is 4.90 Å². The Bertz CT molecular complexity index is 333. The average Bonchev–Trinajstić information content (AvgIpc) is 2.16. The van der Waals surface area contributed by atoms with Crippen LogP contribution in [0.1, 0.15) is 0 Å². The predicted octanol–water partition coefficient (Wildman–Crippen LogP) is 0.236. The van der Waals surface area contributed by atoms with Crippen LogP contribution in [0.5, 0.6) is 5.75 Å². The van der Waals surface area contributed by atoms with E-state index < -0.39 is 12.9 Å². The van der Waals surface area contributed by atoms with Crippen molar-refractivity contribution in [1.29, 1.82) is 0 Å². The minimum Gasteiger partial charge on any atom is -0.497 e. The van der Waals surface area contributed by atoms with Gasteiger partial charge in [-0.25, -0.2) is 4.39 Å². The van der Waals surface area contributed by atoms with Gasteiger partial charge < -0.3 is 14.8 Å². The average molecular weight is 216 g/mol. The largest absolute Gasteiger partial charge is 0.497 e. The van der Waals surface area contributed by atoms with E-state index in [4.69, 9.17) is 14.8 Å². The Hall–Kier alpha value is -0.715. The van der Waals surface area contributed by atoms with E-state index >= 15 is 0 Å². The lowest BCUT2D eigenvalue weighted by atomic mass is 9.79. The summed E-state index contributed by atoms with van der Waals surface area (Å²) in [6.45, 7) is 0. The third-order valence-electron chi connectivity index (χ3n) is 1.78. The van der Waals surface area contributed by atoms with Crippen LogP contribution in [0, 0.1) is 5.82 Å². The Kier molecular flexibility index (Phi) is 3.80. The fourth-order valence-corrected chi connectivity index (χ4v) is 1.58. The summed E-state index contributed by atoms with van der Waals surface area (Å²) >= 11 is 1.19. The van der Waals surface area contributed by atoms with Crippen LogP contribution < -0.4 is 10.2 Å². The van der Waals surface area contributed by atoms with Crippen molar-refractivity contribution in [3.05, 3.63) is 17.9 Å². The lowest BCUT2D eigenvalue weighted by Gasteiger charge is -2.09. The molecule has 0 bridgehead atoms. The number of hydrogen-bond donors (Lipinski definition) is 2. The number of methoxy groups -OCH3 is 1. The molecule has 0 atom stereocenters. The zero-order valence-corrected chi connectivity index (χ0v) is 8.64. The molecule has 0 aliphatic heterocycles. The first-order chi connectivity index (χ1) is 6.60. The molecule has 0 aliphatic rings. The highest BCUT2D eigenvalue weighted by atomic mass is 32.2. The normalized spacial score (nSPS) is 10.1. The molecular weight excluding hydrogens is 206 g/mol. The van der Waals surface area contributed by atoms with Crippen molar-refractivity contribution >= 4 is 24.3 Å². The van der Waals surface area contributed by atoms with Crippen LogP contribution in [0.3, 0.4) is 0 Å². The molecule has 1 rings (SSSR count). The highest BCUT2D eigenvalue weighted by Crippen LogP contribution is 2.22. The van der Waals surface area contributed by atoms with Gasteiger partial charge in [-0.2, -0.15) is 0 Å². The Morgan fingerprint density at radius 3 is 2.50 bits per heavy atom. The highest BCUT2D eigenvalue weighted by Gasteiger charge is 2.19. The van der Waals surface area contributed by atoms with Crippen molar-refractivity contribution in [3.8, 4) is 5.75 Å². The van der Waals surface area contributed by atoms with E-state index in [-0.39, 0.29) is 11.2 Å². The number of thioether (sulfide) groups is 1. The summed E-state index contributed by atoms with van der Waals surface area (Å²) in [5.74, 6) is -0.297. The smallest absolute Gasteiger partial charge is 0.492 e. The van der Waals surface area contributed by atoms with Crippen molar-refractivity contribution in [2.45, 2.75) is 4.90 Å². The maximum Gasteiger partial charge on any atom is 0.492 e. The molecule has 1 aromatic rings. The second-order valence-electron chi connectivity index (χ2n) is 2.60. The van der Waals surface area contributed by atoms with Crippen LogP contribution in [0.4, 0.5) is 4.39 Å². The van der Waals surface area contributed by atoms with Gasteiger partial charge in [-0.1, -0.05) is 0 Å². The summed E-state index contributed by atoms with van der Waals surface area (Å²) in [6.07, 6.45) is 1.71. The van der Waals surface area contributed by atoms with Gasteiger partial charge in [-0.15, -0.1) is 11.8 Å². The van der Waals surface area contributed by atoms with Gasteiger partial charge in [0.1, 0.15) is 11.6 Å². The summed E-state index contributed by atoms with van der Waals surface area (Å²) < 4.78 is 18.0. The number of benzene rings is 1. The lowest BCUT2D eigenvalue weighted by Crippen LogP contribution is -2.31. The predicted molar refractivity (Wildman–Crippen MR) is 54.6 cm³/mol. The van der Waals surface area contributed by atoms with Crippen molar-refractivity contribution in [2.75, 3.05) is 13.4 Å². The van der Waals surface area contributed by atoms with Gasteiger partial charge in [-0.05, 0) is 12.3 Å². The molecule has 0 aromatic heterocycles. The molecule has 0 spiro atoms. The standard InChI is InChI=1S/C8H10BFO3S/c1-13-7-4-6(10)8(14-2)3-5(7)9(11)12/h3-4,11-12H,1-2H3. The van der Waals surface area contributed by atoms with Crippen molar-refractivity contribution < 1.29 is 19.2 Å². The molecule has 0 saturated carbocycles. The molecule has 0 saturated heterocycles. The van der Waals surface area contributed by atoms with Crippen LogP contribution >= 0.6 is 11.8 Å². The minimum absolute atomic E-state index is 0.135. The highest BCUT2D eigenvalue weighted by molar-refractivity contribution is 7.98. The summed E-state index contributed by atoms with van der Waals surface area (Å²) in [4.78, 5) is 0.355. The first-order valence-corrected chi connectivity index (χ1v) is 5.10. The van der Waals surface area contributed by atoms with Gasteiger partial charge in [0.25, 0.3) is 0 Å². The lowest BCUT2D eigenvalue weighted by molar-refractivity contribution is 0.400. The van der Waals surface area contributed by atoms with Crippen LogP contribution in [0.15, 0.2) is 17.0 Å². The SMILES string of the molecule is COc1cc(F)c(SC)cc1B(O)O. The van der Waals surface area contributed by atoms with Gasteiger partial charge in [0.2, 0.25) is 0 Å². The Morgan fingerprint density at radius 1 is 1.43 bits per heavy atom. The van der Waals surface area contributed by atoms with E-state index in [2.05, 4.69) is 0 Å². The third kappa shape index (κ3) is 2.20.